The summed E-state index contributed by atoms with van der Waals surface area (Å²) in [6.07, 6.45) is 3.57. The summed E-state index contributed by atoms with van der Waals surface area (Å²) >= 11 is 0. The first-order valence-corrected chi connectivity index (χ1v) is 15.8. The summed E-state index contributed by atoms with van der Waals surface area (Å²) in [6.45, 7) is 4.79. The Morgan fingerprint density at radius 3 is 2.39 bits per heavy atom. The second-order valence-electron chi connectivity index (χ2n) is 11.5. The molecule has 0 spiro atoms. The van der Waals surface area contributed by atoms with Crippen LogP contribution >= 0.6 is 0 Å². The molecule has 1 aromatic carbocycles. The predicted molar refractivity (Wildman–Crippen MR) is 163 cm³/mol. The number of benzene rings is 1. The van der Waals surface area contributed by atoms with Crippen molar-refractivity contribution in [1.82, 2.24) is 35.3 Å². The summed E-state index contributed by atoms with van der Waals surface area (Å²) in [7, 11) is 0. The molecule has 4 amide bonds. The largest absolute Gasteiger partial charge is 0.527 e. The highest BCUT2D eigenvalue weighted by Crippen LogP contribution is 2.23. The number of likely N-dealkylation sites (tertiary alicyclic amines) is 1. The van der Waals surface area contributed by atoms with Gasteiger partial charge < -0.3 is 34.7 Å². The van der Waals surface area contributed by atoms with Crippen LogP contribution in [0.2, 0.25) is 0 Å². The highest BCUT2D eigenvalue weighted by molar-refractivity contribution is 5.96. The summed E-state index contributed by atoms with van der Waals surface area (Å²) in [4.78, 5) is 72.1. The number of carbonyl (C=O) groups is 5. The molecule has 2 saturated heterocycles. The summed E-state index contributed by atoms with van der Waals surface area (Å²) < 4.78 is 12.1. The monoisotopic (exact) mass is 639 g/mol. The van der Waals surface area contributed by atoms with E-state index in [1.807, 2.05) is 6.07 Å². The molecule has 0 radical (unpaired) electrons. The van der Waals surface area contributed by atoms with E-state index < -0.39 is 24.1 Å². The molecule has 1 aromatic heterocycles. The zero-order chi connectivity index (χ0) is 32.6. The van der Waals surface area contributed by atoms with E-state index in [2.05, 4.69) is 15.7 Å². The Morgan fingerprint density at radius 2 is 1.72 bits per heavy atom. The van der Waals surface area contributed by atoms with Crippen molar-refractivity contribution in [3.63, 3.8) is 0 Å². The number of hydrogen-bond donors (Lipinski definition) is 2. The van der Waals surface area contributed by atoms with Crippen molar-refractivity contribution in [2.24, 2.45) is 0 Å². The molecule has 248 valence electrons. The maximum Gasteiger partial charge on any atom is 0.527 e. The number of piperazine rings is 1. The van der Waals surface area contributed by atoms with Crippen molar-refractivity contribution in [2.45, 2.75) is 64.1 Å². The van der Waals surface area contributed by atoms with E-state index >= 15 is 0 Å². The van der Waals surface area contributed by atoms with Crippen LogP contribution in [-0.4, -0.2) is 118 Å². The van der Waals surface area contributed by atoms with Gasteiger partial charge in [0.15, 0.2) is 12.3 Å². The highest BCUT2D eigenvalue weighted by atomic mass is 16.8. The first-order chi connectivity index (χ1) is 22.2. The number of hydrogen-bond acceptors (Lipinski definition) is 10. The molecule has 1 aliphatic carbocycles. The van der Waals surface area contributed by atoms with E-state index in [1.165, 1.54) is 15.8 Å². The molecule has 5 rings (SSSR count). The second-order valence-corrected chi connectivity index (χ2v) is 11.5. The van der Waals surface area contributed by atoms with Gasteiger partial charge in [-0.3, -0.25) is 19.2 Å². The van der Waals surface area contributed by atoms with E-state index in [1.54, 1.807) is 47.9 Å². The third kappa shape index (κ3) is 7.94. The van der Waals surface area contributed by atoms with Crippen LogP contribution in [0, 0.1) is 0 Å². The molecule has 15 nitrogen and oxygen atoms in total. The Labute approximate surface area is 267 Å². The lowest BCUT2D eigenvalue weighted by Gasteiger charge is -2.34. The molecule has 2 N–H and O–H groups in total. The third-order valence-corrected chi connectivity index (χ3v) is 8.32. The number of ether oxygens (including phenoxy) is 2. The minimum Gasteiger partial charge on any atom is -0.467 e. The van der Waals surface area contributed by atoms with Gasteiger partial charge in [0.05, 0.1) is 25.4 Å². The van der Waals surface area contributed by atoms with Gasteiger partial charge in [-0.1, -0.05) is 18.2 Å². The van der Waals surface area contributed by atoms with E-state index in [0.717, 1.165) is 25.7 Å². The van der Waals surface area contributed by atoms with Gasteiger partial charge in [0, 0.05) is 31.7 Å². The summed E-state index contributed by atoms with van der Waals surface area (Å²) in [5.74, 6) is -1.18. The van der Waals surface area contributed by atoms with Gasteiger partial charge in [0.2, 0.25) is 17.7 Å². The van der Waals surface area contributed by atoms with Crippen molar-refractivity contribution >= 4 is 29.8 Å². The van der Waals surface area contributed by atoms with Crippen molar-refractivity contribution in [3.05, 3.63) is 42.1 Å². The molecule has 3 fully saturated rings. The zero-order valence-corrected chi connectivity index (χ0v) is 26.2. The van der Waals surface area contributed by atoms with Crippen molar-refractivity contribution in [2.75, 3.05) is 45.9 Å². The van der Waals surface area contributed by atoms with E-state index in [-0.39, 0.29) is 48.6 Å². The third-order valence-electron chi connectivity index (χ3n) is 8.32. The number of nitrogens with zero attached hydrogens (tertiary/aromatic N) is 5. The summed E-state index contributed by atoms with van der Waals surface area (Å²) in [6, 6.07) is 9.22. The second kappa shape index (κ2) is 15.1. The Kier molecular flexibility index (Phi) is 10.7. The lowest BCUT2D eigenvalue weighted by atomic mass is 9.93. The maximum atomic E-state index is 13.2. The van der Waals surface area contributed by atoms with Gasteiger partial charge >= 0.3 is 6.16 Å². The fourth-order valence-electron chi connectivity index (χ4n) is 5.59. The van der Waals surface area contributed by atoms with Gasteiger partial charge in [-0.15, -0.1) is 5.06 Å². The minimum atomic E-state index is -0.865. The molecule has 0 bridgehead atoms. The quantitative estimate of drug-likeness (QED) is 0.342. The van der Waals surface area contributed by atoms with Crippen LogP contribution in [0.4, 0.5) is 4.79 Å². The number of nitrogens with one attached hydrogen (secondary N) is 2. The van der Waals surface area contributed by atoms with Gasteiger partial charge in [0.1, 0.15) is 12.1 Å². The molecule has 15 heteroatoms. The first kappa shape index (κ1) is 32.7. The Bertz CT molecular complexity index is 1400. The average Bonchev–Trinajstić information content (AvgIpc) is 3.70. The molecule has 2 aromatic rings. The minimum absolute atomic E-state index is 0.00228. The van der Waals surface area contributed by atoms with Gasteiger partial charge in [-0.2, -0.15) is 5.10 Å². The van der Waals surface area contributed by atoms with Crippen LogP contribution in [0.15, 0.2) is 36.4 Å². The van der Waals surface area contributed by atoms with Crippen molar-refractivity contribution in [3.8, 4) is 11.6 Å². The highest BCUT2D eigenvalue weighted by Gasteiger charge is 2.36. The average molecular weight is 640 g/mol. The van der Waals surface area contributed by atoms with Crippen molar-refractivity contribution < 1.29 is 38.3 Å². The zero-order valence-electron chi connectivity index (χ0n) is 26.2. The molecular weight excluding hydrogens is 598 g/mol. The maximum absolute atomic E-state index is 13.2. The Morgan fingerprint density at radius 1 is 0.978 bits per heavy atom. The normalized spacial score (nSPS) is 19.1. The number of rotatable bonds is 11. The van der Waals surface area contributed by atoms with Crippen LogP contribution in [-0.2, 0) is 24.0 Å². The van der Waals surface area contributed by atoms with Crippen LogP contribution in [0.3, 0.4) is 0 Å². The SMILES string of the molecule is CCOC(=O)ON1CCN(C(=O)[C@H](C)NC(=O)c2cc(OCC(=O)N3CCC[C@H]3C(=O)NC3CCC3)n(-c3ccccc3)n2)CC1. The predicted octanol–water partition coefficient (Wildman–Crippen LogP) is 1.26. The lowest BCUT2D eigenvalue weighted by Crippen LogP contribution is -2.54. The fraction of sp³-hybridized carbons (Fsp3) is 0.548. The number of hydroxylamine groups is 2. The molecule has 2 atom stereocenters. The Hall–Kier alpha value is -4.66. The summed E-state index contributed by atoms with van der Waals surface area (Å²) in [5, 5.41) is 11.6. The van der Waals surface area contributed by atoms with E-state index in [4.69, 9.17) is 14.3 Å². The van der Waals surface area contributed by atoms with Gasteiger partial charge in [-0.05, 0) is 58.1 Å². The summed E-state index contributed by atoms with van der Waals surface area (Å²) in [5.41, 5.74) is 0.604. The van der Waals surface area contributed by atoms with E-state index in [0.29, 0.717) is 44.8 Å². The van der Waals surface area contributed by atoms with Gasteiger partial charge in [-0.25, -0.2) is 9.48 Å². The number of amides is 4. The standard InChI is InChI=1S/C31H41N7O8/c1-3-44-31(43)46-36-17-15-35(16-18-36)30(42)21(2)32-28(40)24-19-27(38(34-24)23-11-5-4-6-12-23)45-20-26(39)37-14-8-13-25(37)29(41)33-22-9-7-10-22/h4-6,11-12,19,21-22,25H,3,7-10,13-18,20H2,1-2H3,(H,32,40)(H,33,41)/t21-,25-/m0/s1. The lowest BCUT2D eigenvalue weighted by molar-refractivity contribution is -0.157. The molecule has 1 saturated carbocycles. The number of aromatic nitrogens is 2. The molecule has 2 aliphatic heterocycles. The van der Waals surface area contributed by atoms with Crippen LogP contribution in [0.1, 0.15) is 56.4 Å². The first-order valence-electron chi connectivity index (χ1n) is 15.8. The molecular formula is C31H41N7O8. The number of carbonyl (C=O) groups excluding carboxylic acids is 5. The molecule has 46 heavy (non-hydrogen) atoms. The van der Waals surface area contributed by atoms with Crippen LogP contribution in [0.5, 0.6) is 5.88 Å². The van der Waals surface area contributed by atoms with E-state index in [9.17, 15) is 24.0 Å². The Balaban J connectivity index is 1.19. The van der Waals surface area contributed by atoms with Gasteiger partial charge in [0.25, 0.3) is 11.8 Å². The molecule has 3 aliphatic rings. The topological polar surface area (TPSA) is 165 Å². The number of para-hydroxylation sites is 1. The smallest absolute Gasteiger partial charge is 0.467 e. The van der Waals surface area contributed by atoms with Crippen LogP contribution < -0.4 is 15.4 Å². The van der Waals surface area contributed by atoms with Crippen LogP contribution in [0.25, 0.3) is 5.69 Å². The fourth-order valence-corrected chi connectivity index (χ4v) is 5.59. The molecule has 0 unspecified atom stereocenters. The van der Waals surface area contributed by atoms with Crippen molar-refractivity contribution in [1.29, 1.82) is 0 Å². The molecule has 3 heterocycles.